The summed E-state index contributed by atoms with van der Waals surface area (Å²) in [7, 11) is 0. The van der Waals surface area contributed by atoms with Gasteiger partial charge in [-0.1, -0.05) is 45.7 Å². The Morgan fingerprint density at radius 1 is 1.00 bits per heavy atom. The van der Waals surface area contributed by atoms with E-state index in [-0.39, 0.29) is 35.2 Å². The van der Waals surface area contributed by atoms with Crippen LogP contribution < -0.4 is 11.1 Å². The van der Waals surface area contributed by atoms with Crippen LogP contribution in [0.2, 0.25) is 0 Å². The summed E-state index contributed by atoms with van der Waals surface area (Å²) >= 11 is 0. The van der Waals surface area contributed by atoms with Gasteiger partial charge in [-0.3, -0.25) is 9.59 Å². The Morgan fingerprint density at radius 3 is 2.17 bits per heavy atom. The van der Waals surface area contributed by atoms with Crippen LogP contribution in [0.25, 0.3) is 0 Å². The van der Waals surface area contributed by atoms with Crippen molar-refractivity contribution < 1.29 is 9.59 Å². The molecule has 0 aliphatic heterocycles. The van der Waals surface area contributed by atoms with E-state index < -0.39 is 0 Å². The van der Waals surface area contributed by atoms with Gasteiger partial charge in [-0.15, -0.1) is 0 Å². The first-order valence-electron chi connectivity index (χ1n) is 11.7. The van der Waals surface area contributed by atoms with Crippen molar-refractivity contribution in [1.82, 2.24) is 4.90 Å². The SMILES string of the molecule is CC(C)(C)CC(=O)N(Cc1ccc(NC(=O)C2CCCC2)cc1)C1CCC(N)CC1. The maximum absolute atomic E-state index is 13.1. The van der Waals surface area contributed by atoms with Crippen molar-refractivity contribution >= 4 is 17.5 Å². The van der Waals surface area contributed by atoms with E-state index in [0.29, 0.717) is 13.0 Å². The van der Waals surface area contributed by atoms with Gasteiger partial charge in [0.15, 0.2) is 0 Å². The van der Waals surface area contributed by atoms with E-state index in [1.54, 1.807) is 0 Å². The maximum Gasteiger partial charge on any atom is 0.227 e. The van der Waals surface area contributed by atoms with Crippen molar-refractivity contribution in [3.8, 4) is 0 Å². The zero-order chi connectivity index (χ0) is 21.7. The summed E-state index contributed by atoms with van der Waals surface area (Å²) in [5, 5.41) is 3.05. The molecule has 5 nitrogen and oxygen atoms in total. The molecular formula is C25H39N3O2. The summed E-state index contributed by atoms with van der Waals surface area (Å²) in [6, 6.07) is 8.54. The number of amides is 2. The lowest BCUT2D eigenvalue weighted by molar-refractivity contribution is -0.137. The first-order valence-corrected chi connectivity index (χ1v) is 11.7. The highest BCUT2D eigenvalue weighted by atomic mass is 16.2. The van der Waals surface area contributed by atoms with Crippen molar-refractivity contribution in [2.24, 2.45) is 17.1 Å². The van der Waals surface area contributed by atoms with E-state index in [1.807, 2.05) is 24.3 Å². The zero-order valence-electron chi connectivity index (χ0n) is 19.0. The van der Waals surface area contributed by atoms with Crippen LogP contribution in [0.3, 0.4) is 0 Å². The number of hydrogen-bond acceptors (Lipinski definition) is 3. The van der Waals surface area contributed by atoms with E-state index in [1.165, 1.54) is 0 Å². The molecule has 0 atom stereocenters. The Hall–Kier alpha value is -1.88. The fourth-order valence-corrected chi connectivity index (χ4v) is 4.71. The van der Waals surface area contributed by atoms with Crippen LogP contribution >= 0.6 is 0 Å². The summed E-state index contributed by atoms with van der Waals surface area (Å²) in [5.41, 5.74) is 8.00. The molecule has 2 aliphatic carbocycles. The second kappa shape index (κ2) is 9.95. The molecule has 0 saturated heterocycles. The van der Waals surface area contributed by atoms with Crippen LogP contribution in [0.4, 0.5) is 5.69 Å². The van der Waals surface area contributed by atoms with Crippen LogP contribution in [-0.2, 0) is 16.1 Å². The zero-order valence-corrected chi connectivity index (χ0v) is 19.0. The minimum absolute atomic E-state index is 0.0330. The summed E-state index contributed by atoms with van der Waals surface area (Å²) in [6.45, 7) is 6.96. The average molecular weight is 414 g/mol. The Morgan fingerprint density at radius 2 is 1.60 bits per heavy atom. The number of rotatable bonds is 6. The minimum atomic E-state index is -0.0330. The van der Waals surface area contributed by atoms with Crippen LogP contribution in [0, 0.1) is 11.3 Å². The Balaban J connectivity index is 1.65. The van der Waals surface area contributed by atoms with E-state index in [9.17, 15) is 9.59 Å². The van der Waals surface area contributed by atoms with Gasteiger partial charge in [0.25, 0.3) is 0 Å². The number of anilines is 1. The number of benzene rings is 1. The Bertz CT molecular complexity index is 709. The molecule has 1 aromatic rings. The van der Waals surface area contributed by atoms with E-state index in [4.69, 9.17) is 5.73 Å². The lowest BCUT2D eigenvalue weighted by atomic mass is 9.88. The molecule has 2 saturated carbocycles. The number of carbonyl (C=O) groups excluding carboxylic acids is 2. The lowest BCUT2D eigenvalue weighted by Crippen LogP contribution is -2.44. The minimum Gasteiger partial charge on any atom is -0.335 e. The topological polar surface area (TPSA) is 75.4 Å². The molecule has 1 aromatic carbocycles. The summed E-state index contributed by atoms with van der Waals surface area (Å²) in [6.07, 6.45) is 8.78. The number of nitrogens with zero attached hydrogens (tertiary/aromatic N) is 1. The van der Waals surface area contributed by atoms with Crippen LogP contribution in [0.1, 0.15) is 84.1 Å². The van der Waals surface area contributed by atoms with Gasteiger partial charge in [0.05, 0.1) is 0 Å². The van der Waals surface area contributed by atoms with Gasteiger partial charge < -0.3 is 16.0 Å². The summed E-state index contributed by atoms with van der Waals surface area (Å²) in [4.78, 5) is 27.6. The smallest absolute Gasteiger partial charge is 0.227 e. The summed E-state index contributed by atoms with van der Waals surface area (Å²) in [5.74, 6) is 0.523. The molecule has 30 heavy (non-hydrogen) atoms. The first kappa shape index (κ1) is 22.8. The predicted octanol–water partition coefficient (Wildman–Crippen LogP) is 4.85. The molecule has 3 N–H and O–H groups in total. The van der Waals surface area contributed by atoms with Crippen molar-refractivity contribution in [2.75, 3.05) is 5.32 Å². The highest BCUT2D eigenvalue weighted by molar-refractivity contribution is 5.92. The molecule has 0 radical (unpaired) electrons. The van der Waals surface area contributed by atoms with Crippen molar-refractivity contribution in [3.63, 3.8) is 0 Å². The fraction of sp³-hybridized carbons (Fsp3) is 0.680. The van der Waals surface area contributed by atoms with E-state index in [2.05, 4.69) is 31.0 Å². The van der Waals surface area contributed by atoms with E-state index in [0.717, 1.165) is 62.6 Å². The molecule has 166 valence electrons. The molecular weight excluding hydrogens is 374 g/mol. The molecule has 2 amide bonds. The molecule has 0 heterocycles. The highest BCUT2D eigenvalue weighted by Crippen LogP contribution is 2.29. The largest absolute Gasteiger partial charge is 0.335 e. The molecule has 0 bridgehead atoms. The standard InChI is InChI=1S/C25H39N3O2/c1-25(2,3)16-23(29)28(22-14-10-20(26)11-15-22)17-18-8-12-21(13-9-18)27-24(30)19-6-4-5-7-19/h8-9,12-13,19-20,22H,4-7,10-11,14-17,26H2,1-3H3,(H,27,30). The predicted molar refractivity (Wildman–Crippen MR) is 122 cm³/mol. The average Bonchev–Trinajstić information content (AvgIpc) is 3.22. The maximum atomic E-state index is 13.1. The monoisotopic (exact) mass is 413 g/mol. The van der Waals surface area contributed by atoms with Crippen molar-refractivity contribution in [2.45, 2.75) is 97.2 Å². The normalized spacial score (nSPS) is 22.7. The number of nitrogens with one attached hydrogen (secondary N) is 1. The molecule has 5 heteroatoms. The molecule has 2 fully saturated rings. The van der Waals surface area contributed by atoms with Gasteiger partial charge in [-0.25, -0.2) is 0 Å². The molecule has 3 rings (SSSR count). The molecule has 2 aliphatic rings. The fourth-order valence-electron chi connectivity index (χ4n) is 4.71. The number of hydrogen-bond donors (Lipinski definition) is 2. The second-order valence-corrected chi connectivity index (χ2v) is 10.5. The molecule has 0 spiro atoms. The summed E-state index contributed by atoms with van der Waals surface area (Å²) < 4.78 is 0. The number of nitrogens with two attached hydrogens (primary N) is 1. The van der Waals surface area contributed by atoms with Gasteiger partial charge in [0.1, 0.15) is 0 Å². The lowest BCUT2D eigenvalue weighted by Gasteiger charge is -2.37. The van der Waals surface area contributed by atoms with Crippen LogP contribution in [0.5, 0.6) is 0 Å². The third kappa shape index (κ3) is 6.56. The first-order chi connectivity index (χ1) is 14.2. The van der Waals surface area contributed by atoms with Gasteiger partial charge in [-0.2, -0.15) is 0 Å². The van der Waals surface area contributed by atoms with Crippen LogP contribution in [-0.4, -0.2) is 28.8 Å². The number of carbonyl (C=O) groups is 2. The molecule has 0 aromatic heterocycles. The van der Waals surface area contributed by atoms with Crippen molar-refractivity contribution in [1.29, 1.82) is 0 Å². The Kier molecular flexibility index (Phi) is 7.56. The third-order valence-electron chi connectivity index (χ3n) is 6.48. The van der Waals surface area contributed by atoms with Gasteiger partial charge in [-0.05, 0) is 61.6 Å². The Labute approximate surface area is 181 Å². The second-order valence-electron chi connectivity index (χ2n) is 10.5. The van der Waals surface area contributed by atoms with Gasteiger partial charge in [0.2, 0.25) is 11.8 Å². The van der Waals surface area contributed by atoms with Crippen LogP contribution in [0.15, 0.2) is 24.3 Å². The quantitative estimate of drug-likeness (QED) is 0.700. The van der Waals surface area contributed by atoms with E-state index >= 15 is 0 Å². The van der Waals surface area contributed by atoms with Crippen molar-refractivity contribution in [3.05, 3.63) is 29.8 Å². The highest BCUT2D eigenvalue weighted by Gasteiger charge is 2.30. The molecule has 0 unspecified atom stereocenters. The van der Waals surface area contributed by atoms with Gasteiger partial charge >= 0.3 is 0 Å². The van der Waals surface area contributed by atoms with Gasteiger partial charge in [0, 0.05) is 36.7 Å². The third-order valence-corrected chi connectivity index (χ3v) is 6.48.